The fourth-order valence-corrected chi connectivity index (χ4v) is 0. The van der Waals surface area contributed by atoms with Gasteiger partial charge in [-0.05, 0) is 21.0 Å². The lowest BCUT2D eigenvalue weighted by molar-refractivity contribution is 0.404. The topological polar surface area (TPSA) is 3.24 Å². The van der Waals surface area contributed by atoms with Crippen molar-refractivity contribution < 1.29 is 0 Å². The molecule has 0 fully saturated rings. The Kier molecular flexibility index (Phi) is 2.61. The number of nitrogens with zero attached hydrogens (tertiary/aromatic N) is 1. The molecule has 6 heavy (non-hydrogen) atoms. The van der Waals surface area contributed by atoms with E-state index in [4.69, 9.17) is 0 Å². The van der Waals surface area contributed by atoms with Crippen molar-refractivity contribution in [1.29, 1.82) is 0 Å². The Hall–Kier alpha value is 0.310. The molecule has 0 aliphatic carbocycles. The minimum atomic E-state index is 0.380. The van der Waals surface area contributed by atoms with Crippen LogP contribution in [0.25, 0.3) is 0 Å². The van der Waals surface area contributed by atoms with Gasteiger partial charge < -0.3 is 0 Å². The standard InChI is InChI=1S/C4H11NS/c1-4(6)5(2)3/h4,6H,1-3H3/t4-/m0/s1. The summed E-state index contributed by atoms with van der Waals surface area (Å²) >= 11 is 4.12. The second kappa shape index (κ2) is 2.48. The highest BCUT2D eigenvalue weighted by Crippen LogP contribution is 1.92. The number of rotatable bonds is 1. The zero-order chi connectivity index (χ0) is 5.15. The summed E-state index contributed by atoms with van der Waals surface area (Å²) in [7, 11) is 4.00. The molecule has 0 rings (SSSR count). The van der Waals surface area contributed by atoms with Gasteiger partial charge in [-0.2, -0.15) is 12.6 Å². The van der Waals surface area contributed by atoms with E-state index in [1.807, 2.05) is 25.9 Å². The van der Waals surface area contributed by atoms with E-state index in [1.54, 1.807) is 0 Å². The van der Waals surface area contributed by atoms with Crippen LogP contribution >= 0.6 is 12.6 Å². The first-order valence-corrected chi connectivity index (χ1v) is 2.50. The van der Waals surface area contributed by atoms with Crippen LogP contribution in [0.4, 0.5) is 0 Å². The van der Waals surface area contributed by atoms with Gasteiger partial charge in [0.25, 0.3) is 0 Å². The van der Waals surface area contributed by atoms with E-state index in [-0.39, 0.29) is 0 Å². The van der Waals surface area contributed by atoms with Crippen molar-refractivity contribution >= 4 is 12.6 Å². The smallest absolute Gasteiger partial charge is 0.0493 e. The van der Waals surface area contributed by atoms with Gasteiger partial charge in [0.05, 0.1) is 0 Å². The van der Waals surface area contributed by atoms with Gasteiger partial charge in [-0.1, -0.05) is 0 Å². The molecule has 0 amide bonds. The third kappa shape index (κ3) is 2.54. The molecule has 0 aromatic heterocycles. The average Bonchev–Trinajstić information content (AvgIpc) is 1.36. The highest BCUT2D eigenvalue weighted by atomic mass is 32.1. The highest BCUT2D eigenvalue weighted by Gasteiger charge is 1.91. The van der Waals surface area contributed by atoms with E-state index in [9.17, 15) is 0 Å². The van der Waals surface area contributed by atoms with Crippen LogP contribution < -0.4 is 0 Å². The molecule has 1 atom stereocenters. The van der Waals surface area contributed by atoms with Crippen molar-refractivity contribution in [3.8, 4) is 0 Å². The molecule has 0 aromatic rings. The van der Waals surface area contributed by atoms with E-state index in [2.05, 4.69) is 12.6 Å². The lowest BCUT2D eigenvalue weighted by atomic mass is 10.7. The quantitative estimate of drug-likeness (QED) is 0.382. The maximum atomic E-state index is 4.12. The molecule has 1 nitrogen and oxygen atoms in total. The minimum Gasteiger partial charge on any atom is -0.298 e. The summed E-state index contributed by atoms with van der Waals surface area (Å²) in [6.45, 7) is 2.03. The Morgan fingerprint density at radius 3 is 1.67 bits per heavy atom. The normalized spacial score (nSPS) is 15.5. The first kappa shape index (κ1) is 6.31. The first-order valence-electron chi connectivity index (χ1n) is 1.99. The third-order valence-corrected chi connectivity index (χ3v) is 1.21. The Bertz CT molecular complexity index is 28.5. The Morgan fingerprint density at radius 1 is 1.50 bits per heavy atom. The van der Waals surface area contributed by atoms with Gasteiger partial charge in [-0.25, -0.2) is 0 Å². The van der Waals surface area contributed by atoms with Crippen molar-refractivity contribution in [3.63, 3.8) is 0 Å². The van der Waals surface area contributed by atoms with Crippen LogP contribution in [-0.2, 0) is 0 Å². The molecular formula is C4H11NS. The summed E-state index contributed by atoms with van der Waals surface area (Å²) in [5, 5.41) is 0.380. The number of thiol groups is 1. The summed E-state index contributed by atoms with van der Waals surface area (Å²) in [5.41, 5.74) is 0. The average molecular weight is 105 g/mol. The van der Waals surface area contributed by atoms with Gasteiger partial charge in [-0.15, -0.1) is 0 Å². The summed E-state index contributed by atoms with van der Waals surface area (Å²) in [6, 6.07) is 0. The van der Waals surface area contributed by atoms with Crippen molar-refractivity contribution in [2.75, 3.05) is 14.1 Å². The zero-order valence-electron chi connectivity index (χ0n) is 4.47. The van der Waals surface area contributed by atoms with Crippen molar-refractivity contribution in [2.24, 2.45) is 0 Å². The van der Waals surface area contributed by atoms with E-state index < -0.39 is 0 Å². The first-order chi connectivity index (χ1) is 2.64. The summed E-state index contributed by atoms with van der Waals surface area (Å²) in [5.74, 6) is 0. The highest BCUT2D eigenvalue weighted by molar-refractivity contribution is 7.80. The zero-order valence-corrected chi connectivity index (χ0v) is 5.37. The molecule has 0 aliphatic rings. The van der Waals surface area contributed by atoms with Crippen LogP contribution in [0.5, 0.6) is 0 Å². The van der Waals surface area contributed by atoms with Crippen LogP contribution in [-0.4, -0.2) is 24.4 Å². The maximum Gasteiger partial charge on any atom is 0.0493 e. The lowest BCUT2D eigenvalue weighted by Crippen LogP contribution is -2.17. The molecule has 0 N–H and O–H groups in total. The molecule has 38 valence electrons. The molecule has 0 heterocycles. The summed E-state index contributed by atoms with van der Waals surface area (Å²) in [6.07, 6.45) is 0. The summed E-state index contributed by atoms with van der Waals surface area (Å²) in [4.78, 5) is 2.03. The van der Waals surface area contributed by atoms with Crippen LogP contribution in [0.3, 0.4) is 0 Å². The monoisotopic (exact) mass is 105 g/mol. The molecule has 0 saturated carbocycles. The fraction of sp³-hybridized carbons (Fsp3) is 1.00. The molecular weight excluding hydrogens is 94.1 g/mol. The van der Waals surface area contributed by atoms with Gasteiger partial charge >= 0.3 is 0 Å². The maximum absolute atomic E-state index is 4.12. The predicted octanol–water partition coefficient (Wildman–Crippen LogP) is 0.824. The third-order valence-electron chi connectivity index (χ3n) is 0.747. The molecule has 2 heteroatoms. The van der Waals surface area contributed by atoms with Crippen LogP contribution in [0.15, 0.2) is 0 Å². The molecule has 0 radical (unpaired) electrons. The summed E-state index contributed by atoms with van der Waals surface area (Å²) < 4.78 is 0. The van der Waals surface area contributed by atoms with Crippen LogP contribution in [0.2, 0.25) is 0 Å². The predicted molar refractivity (Wildman–Crippen MR) is 32.1 cm³/mol. The molecule has 0 unspecified atom stereocenters. The van der Waals surface area contributed by atoms with Crippen LogP contribution in [0, 0.1) is 0 Å². The molecule has 0 aromatic carbocycles. The van der Waals surface area contributed by atoms with E-state index in [0.717, 1.165) is 0 Å². The van der Waals surface area contributed by atoms with Gasteiger partial charge in [0.1, 0.15) is 0 Å². The molecule has 0 saturated heterocycles. The SMILES string of the molecule is C[C@H](S)N(C)C. The van der Waals surface area contributed by atoms with E-state index in [0.29, 0.717) is 5.37 Å². The van der Waals surface area contributed by atoms with Crippen LogP contribution in [0.1, 0.15) is 6.92 Å². The molecule has 0 aliphatic heterocycles. The second-order valence-corrected chi connectivity index (χ2v) is 2.34. The Morgan fingerprint density at radius 2 is 1.67 bits per heavy atom. The lowest BCUT2D eigenvalue weighted by Gasteiger charge is -2.11. The largest absolute Gasteiger partial charge is 0.298 e. The van der Waals surface area contributed by atoms with Gasteiger partial charge in [-0.3, -0.25) is 4.90 Å². The van der Waals surface area contributed by atoms with Crippen molar-refractivity contribution in [1.82, 2.24) is 4.90 Å². The van der Waals surface area contributed by atoms with Gasteiger partial charge in [0, 0.05) is 5.37 Å². The number of hydrogen-bond donors (Lipinski definition) is 1. The molecule has 0 spiro atoms. The van der Waals surface area contributed by atoms with Gasteiger partial charge in [0.2, 0.25) is 0 Å². The number of hydrogen-bond acceptors (Lipinski definition) is 2. The second-order valence-electron chi connectivity index (χ2n) is 1.60. The van der Waals surface area contributed by atoms with Crippen molar-refractivity contribution in [2.45, 2.75) is 12.3 Å². The van der Waals surface area contributed by atoms with Gasteiger partial charge in [0.15, 0.2) is 0 Å². The Labute approximate surface area is 44.7 Å². The fourth-order valence-electron chi connectivity index (χ4n) is 0. The van der Waals surface area contributed by atoms with E-state index in [1.165, 1.54) is 0 Å². The Balaban J connectivity index is 2.99. The minimum absolute atomic E-state index is 0.380. The van der Waals surface area contributed by atoms with Crippen molar-refractivity contribution in [3.05, 3.63) is 0 Å². The molecule has 0 bridgehead atoms. The van der Waals surface area contributed by atoms with E-state index >= 15 is 0 Å².